The zero-order valence-corrected chi connectivity index (χ0v) is 13.0. The molecule has 1 aromatic rings. The van der Waals surface area contributed by atoms with Crippen LogP contribution in [0.4, 0.5) is 0 Å². The molecule has 118 valence electrons. The number of phenols is 1. The largest absolute Gasteiger partial charge is 0.508 e. The lowest BCUT2D eigenvalue weighted by molar-refractivity contribution is 0.0651. The first kappa shape index (κ1) is 14.3. The standard InChI is InChI=1S/C19H25NO2/c21-17-3-1-2-15(10-17)19-7-6-18(22)11-16(19)13-20(9-8-19)12-14-4-5-14/h1-3,6-7,10,14,16,18,21-22H,4-5,8-9,11-13H2/t16-,18-,19-/m0/s1. The lowest BCUT2D eigenvalue weighted by Crippen LogP contribution is -2.51. The first-order valence-corrected chi connectivity index (χ1v) is 8.55. The highest BCUT2D eigenvalue weighted by atomic mass is 16.3. The fourth-order valence-corrected chi connectivity index (χ4v) is 4.37. The maximum atomic E-state index is 10.1. The number of piperidine rings is 1. The van der Waals surface area contributed by atoms with E-state index in [4.69, 9.17) is 0 Å². The molecule has 3 aliphatic rings. The van der Waals surface area contributed by atoms with Crippen molar-refractivity contribution in [3.63, 3.8) is 0 Å². The number of rotatable bonds is 3. The number of aliphatic hydroxyl groups excluding tert-OH is 1. The molecule has 1 saturated heterocycles. The van der Waals surface area contributed by atoms with Crippen LogP contribution in [0.25, 0.3) is 0 Å². The SMILES string of the molecule is Oc1cccc([C@@]23C=C[C@H](O)C[C@H]2CN(CC2CC2)CC3)c1. The van der Waals surface area contributed by atoms with E-state index in [9.17, 15) is 10.2 Å². The smallest absolute Gasteiger partial charge is 0.115 e. The molecule has 0 bridgehead atoms. The van der Waals surface area contributed by atoms with Crippen LogP contribution in [0.15, 0.2) is 36.4 Å². The molecule has 2 fully saturated rings. The lowest BCUT2D eigenvalue weighted by Gasteiger charge is -2.49. The first-order valence-electron chi connectivity index (χ1n) is 8.55. The molecule has 1 heterocycles. The minimum atomic E-state index is -0.323. The van der Waals surface area contributed by atoms with Gasteiger partial charge in [-0.3, -0.25) is 0 Å². The quantitative estimate of drug-likeness (QED) is 0.843. The molecule has 0 radical (unpaired) electrons. The molecule has 3 heteroatoms. The number of phenolic OH excluding ortho intramolecular Hbond substituents is 1. The van der Waals surface area contributed by atoms with Crippen molar-refractivity contribution in [2.24, 2.45) is 11.8 Å². The molecular weight excluding hydrogens is 274 g/mol. The second-order valence-corrected chi connectivity index (χ2v) is 7.40. The molecule has 0 unspecified atom stereocenters. The summed E-state index contributed by atoms with van der Waals surface area (Å²) in [4.78, 5) is 2.59. The van der Waals surface area contributed by atoms with Gasteiger partial charge >= 0.3 is 0 Å². The van der Waals surface area contributed by atoms with Crippen LogP contribution in [0, 0.1) is 11.8 Å². The van der Waals surface area contributed by atoms with Crippen LogP contribution in [0.2, 0.25) is 0 Å². The molecule has 3 atom stereocenters. The number of hydrogen-bond donors (Lipinski definition) is 2. The molecule has 2 aliphatic carbocycles. The summed E-state index contributed by atoms with van der Waals surface area (Å²) < 4.78 is 0. The van der Waals surface area contributed by atoms with Crippen LogP contribution in [-0.4, -0.2) is 40.9 Å². The third-order valence-corrected chi connectivity index (χ3v) is 5.79. The summed E-state index contributed by atoms with van der Waals surface area (Å²) >= 11 is 0. The lowest BCUT2D eigenvalue weighted by atomic mass is 9.61. The average molecular weight is 299 g/mol. The Morgan fingerprint density at radius 1 is 1.27 bits per heavy atom. The van der Waals surface area contributed by atoms with E-state index in [1.54, 1.807) is 6.07 Å². The Morgan fingerprint density at radius 2 is 2.14 bits per heavy atom. The first-order chi connectivity index (χ1) is 10.7. The molecule has 4 rings (SSSR count). The van der Waals surface area contributed by atoms with E-state index in [0.717, 1.165) is 31.8 Å². The topological polar surface area (TPSA) is 43.7 Å². The van der Waals surface area contributed by atoms with Gasteiger partial charge in [-0.25, -0.2) is 0 Å². The van der Waals surface area contributed by atoms with E-state index in [0.29, 0.717) is 11.7 Å². The highest BCUT2D eigenvalue weighted by molar-refractivity contribution is 5.39. The number of allylic oxidation sites excluding steroid dienone is 1. The van der Waals surface area contributed by atoms with Gasteiger partial charge < -0.3 is 15.1 Å². The summed E-state index contributed by atoms with van der Waals surface area (Å²) in [6.45, 7) is 3.41. The predicted molar refractivity (Wildman–Crippen MR) is 86.8 cm³/mol. The fourth-order valence-electron chi connectivity index (χ4n) is 4.37. The zero-order valence-electron chi connectivity index (χ0n) is 13.0. The third kappa shape index (κ3) is 2.57. The van der Waals surface area contributed by atoms with Gasteiger partial charge in [0.1, 0.15) is 5.75 Å². The van der Waals surface area contributed by atoms with Crippen LogP contribution >= 0.6 is 0 Å². The Morgan fingerprint density at radius 3 is 2.91 bits per heavy atom. The maximum absolute atomic E-state index is 10.1. The fraction of sp³-hybridized carbons (Fsp3) is 0.579. The number of aromatic hydroxyl groups is 1. The van der Waals surface area contributed by atoms with Crippen molar-refractivity contribution < 1.29 is 10.2 Å². The van der Waals surface area contributed by atoms with Gasteiger partial charge in [0.25, 0.3) is 0 Å². The van der Waals surface area contributed by atoms with Crippen molar-refractivity contribution in [1.82, 2.24) is 4.90 Å². The summed E-state index contributed by atoms with van der Waals surface area (Å²) in [6, 6.07) is 7.71. The summed E-state index contributed by atoms with van der Waals surface area (Å²) in [5.41, 5.74) is 1.18. The van der Waals surface area contributed by atoms with Gasteiger partial charge in [0.15, 0.2) is 0 Å². The average Bonchev–Trinajstić information content (AvgIpc) is 3.31. The minimum Gasteiger partial charge on any atom is -0.508 e. The van der Waals surface area contributed by atoms with Crippen LogP contribution in [0.5, 0.6) is 5.75 Å². The van der Waals surface area contributed by atoms with Gasteiger partial charge in [0.05, 0.1) is 6.10 Å². The number of nitrogens with zero attached hydrogens (tertiary/aromatic N) is 1. The van der Waals surface area contributed by atoms with E-state index in [-0.39, 0.29) is 11.5 Å². The molecule has 1 saturated carbocycles. The normalized spacial score (nSPS) is 35.3. The Kier molecular flexibility index (Phi) is 3.50. The van der Waals surface area contributed by atoms with E-state index in [1.807, 2.05) is 18.2 Å². The predicted octanol–water partition coefficient (Wildman–Crippen LogP) is 2.68. The minimum absolute atomic E-state index is 0.0159. The molecule has 22 heavy (non-hydrogen) atoms. The van der Waals surface area contributed by atoms with Gasteiger partial charge in [-0.05, 0) is 61.8 Å². The molecular formula is C19H25NO2. The summed E-state index contributed by atoms with van der Waals surface area (Å²) in [5.74, 6) is 1.68. The van der Waals surface area contributed by atoms with Crippen molar-refractivity contribution in [3.05, 3.63) is 42.0 Å². The molecule has 2 N–H and O–H groups in total. The van der Waals surface area contributed by atoms with Crippen molar-refractivity contribution in [3.8, 4) is 5.75 Å². The van der Waals surface area contributed by atoms with Crippen molar-refractivity contribution in [1.29, 1.82) is 0 Å². The van der Waals surface area contributed by atoms with Crippen molar-refractivity contribution >= 4 is 0 Å². The van der Waals surface area contributed by atoms with E-state index >= 15 is 0 Å². The number of aliphatic hydroxyl groups is 1. The number of fused-ring (bicyclic) bond motifs is 1. The highest BCUT2D eigenvalue weighted by Gasteiger charge is 2.45. The van der Waals surface area contributed by atoms with Crippen molar-refractivity contribution in [2.75, 3.05) is 19.6 Å². The number of benzene rings is 1. The molecule has 1 aromatic carbocycles. The molecule has 0 spiro atoms. The highest BCUT2D eigenvalue weighted by Crippen LogP contribution is 2.47. The summed E-state index contributed by atoms with van der Waals surface area (Å²) in [6.07, 6.45) is 8.54. The van der Waals surface area contributed by atoms with E-state index < -0.39 is 0 Å². The van der Waals surface area contributed by atoms with Crippen LogP contribution in [0.1, 0.15) is 31.2 Å². The van der Waals surface area contributed by atoms with Crippen molar-refractivity contribution in [2.45, 2.75) is 37.2 Å². The third-order valence-electron chi connectivity index (χ3n) is 5.79. The second-order valence-electron chi connectivity index (χ2n) is 7.40. The molecule has 0 amide bonds. The summed E-state index contributed by atoms with van der Waals surface area (Å²) in [7, 11) is 0. The van der Waals surface area contributed by atoms with Gasteiger partial charge in [0, 0.05) is 18.5 Å². The van der Waals surface area contributed by atoms with Crippen LogP contribution < -0.4 is 0 Å². The Labute approximate surface area is 132 Å². The second kappa shape index (κ2) is 5.39. The Hall–Kier alpha value is -1.32. The van der Waals surface area contributed by atoms with E-state index in [1.165, 1.54) is 24.9 Å². The van der Waals surface area contributed by atoms with Crippen LogP contribution in [0.3, 0.4) is 0 Å². The maximum Gasteiger partial charge on any atom is 0.115 e. The van der Waals surface area contributed by atoms with Gasteiger partial charge in [-0.1, -0.05) is 24.3 Å². The molecule has 1 aliphatic heterocycles. The monoisotopic (exact) mass is 299 g/mol. The Bertz CT molecular complexity index is 581. The zero-order chi connectivity index (χ0) is 15.2. The molecule has 3 nitrogen and oxygen atoms in total. The number of likely N-dealkylation sites (tertiary alicyclic amines) is 1. The van der Waals surface area contributed by atoms with E-state index in [2.05, 4.69) is 17.0 Å². The Balaban J connectivity index is 1.64. The molecule has 0 aromatic heterocycles. The van der Waals surface area contributed by atoms with Gasteiger partial charge in [-0.15, -0.1) is 0 Å². The van der Waals surface area contributed by atoms with Gasteiger partial charge in [-0.2, -0.15) is 0 Å². The van der Waals surface area contributed by atoms with Crippen LogP contribution in [-0.2, 0) is 5.41 Å². The summed E-state index contributed by atoms with van der Waals surface area (Å²) in [5, 5.41) is 20.0. The number of hydrogen-bond acceptors (Lipinski definition) is 3. The van der Waals surface area contributed by atoms with Gasteiger partial charge in [0.2, 0.25) is 0 Å².